The van der Waals surface area contributed by atoms with Gasteiger partial charge in [-0.15, -0.1) is 0 Å². The SMILES string of the molecule is COc1cc(=O)n(CC(=O)NCC(=O)N(C)C)nc1-c1ccc(Cl)cc1. The van der Waals surface area contributed by atoms with Crippen LogP contribution in [0.15, 0.2) is 35.1 Å². The van der Waals surface area contributed by atoms with Crippen LogP contribution in [0.3, 0.4) is 0 Å². The quantitative estimate of drug-likeness (QED) is 0.801. The van der Waals surface area contributed by atoms with Crippen LogP contribution in [0.4, 0.5) is 0 Å². The Bertz CT molecular complexity index is 862. The molecule has 2 aromatic rings. The van der Waals surface area contributed by atoms with Crippen molar-refractivity contribution in [2.75, 3.05) is 27.7 Å². The van der Waals surface area contributed by atoms with Crippen molar-refractivity contribution in [2.45, 2.75) is 6.54 Å². The fraction of sp³-hybridized carbons (Fsp3) is 0.294. The van der Waals surface area contributed by atoms with Gasteiger partial charge in [0.25, 0.3) is 5.56 Å². The van der Waals surface area contributed by atoms with Crippen LogP contribution in [-0.2, 0) is 16.1 Å². The molecule has 1 heterocycles. The molecule has 0 aliphatic carbocycles. The predicted molar refractivity (Wildman–Crippen MR) is 97.2 cm³/mol. The molecular weight excluding hydrogens is 360 g/mol. The average molecular weight is 379 g/mol. The summed E-state index contributed by atoms with van der Waals surface area (Å²) in [4.78, 5) is 37.0. The number of rotatable bonds is 6. The molecule has 26 heavy (non-hydrogen) atoms. The monoisotopic (exact) mass is 378 g/mol. The van der Waals surface area contributed by atoms with Gasteiger partial charge in [-0.05, 0) is 12.1 Å². The lowest BCUT2D eigenvalue weighted by Crippen LogP contribution is -2.39. The van der Waals surface area contributed by atoms with Crippen LogP contribution >= 0.6 is 11.6 Å². The number of hydrogen-bond donors (Lipinski definition) is 1. The topological polar surface area (TPSA) is 93.5 Å². The number of likely N-dealkylation sites (N-methyl/N-ethyl adjacent to an activating group) is 1. The summed E-state index contributed by atoms with van der Waals surface area (Å²) in [6, 6.07) is 8.10. The molecule has 0 saturated carbocycles. The Morgan fingerprint density at radius 1 is 1.27 bits per heavy atom. The van der Waals surface area contributed by atoms with Crippen LogP contribution in [0.5, 0.6) is 5.75 Å². The number of hydrogen-bond acceptors (Lipinski definition) is 5. The summed E-state index contributed by atoms with van der Waals surface area (Å²) >= 11 is 5.89. The number of benzene rings is 1. The summed E-state index contributed by atoms with van der Waals surface area (Å²) in [6.45, 7) is -0.467. The molecule has 1 aromatic heterocycles. The van der Waals surface area contributed by atoms with Gasteiger partial charge >= 0.3 is 0 Å². The summed E-state index contributed by atoms with van der Waals surface area (Å²) in [5.74, 6) is -0.464. The molecule has 0 aliphatic heterocycles. The average Bonchev–Trinajstić information content (AvgIpc) is 2.61. The summed E-state index contributed by atoms with van der Waals surface area (Å²) in [7, 11) is 4.60. The largest absolute Gasteiger partial charge is 0.494 e. The number of methoxy groups -OCH3 is 1. The second-order valence-corrected chi connectivity index (χ2v) is 6.07. The fourth-order valence-corrected chi connectivity index (χ4v) is 2.20. The van der Waals surface area contributed by atoms with Crippen LogP contribution in [0.25, 0.3) is 11.3 Å². The van der Waals surface area contributed by atoms with Crippen molar-refractivity contribution in [1.82, 2.24) is 20.0 Å². The predicted octanol–water partition coefficient (Wildman–Crippen LogP) is 0.777. The molecule has 0 bridgehead atoms. The van der Waals surface area contributed by atoms with E-state index >= 15 is 0 Å². The number of carbonyl (C=O) groups is 2. The van der Waals surface area contributed by atoms with E-state index in [0.717, 1.165) is 4.68 Å². The van der Waals surface area contributed by atoms with Gasteiger partial charge in [0.15, 0.2) is 5.75 Å². The van der Waals surface area contributed by atoms with Crippen molar-refractivity contribution in [3.05, 3.63) is 45.7 Å². The highest BCUT2D eigenvalue weighted by Gasteiger charge is 2.14. The standard InChI is InChI=1S/C17H19ClN4O4/c1-21(2)16(25)9-19-14(23)10-22-15(24)8-13(26-3)17(20-22)11-4-6-12(18)7-5-11/h4-8H,9-10H2,1-3H3,(H,19,23). The van der Waals surface area contributed by atoms with E-state index in [1.807, 2.05) is 0 Å². The molecule has 0 radical (unpaired) electrons. The van der Waals surface area contributed by atoms with E-state index < -0.39 is 11.5 Å². The van der Waals surface area contributed by atoms with Crippen LogP contribution in [0.1, 0.15) is 0 Å². The first-order valence-corrected chi connectivity index (χ1v) is 8.08. The van der Waals surface area contributed by atoms with Crippen molar-refractivity contribution >= 4 is 23.4 Å². The minimum atomic E-state index is -0.498. The zero-order chi connectivity index (χ0) is 19.3. The molecule has 1 N–H and O–H groups in total. The molecule has 0 atom stereocenters. The first-order valence-electron chi connectivity index (χ1n) is 7.70. The minimum absolute atomic E-state index is 0.152. The van der Waals surface area contributed by atoms with Crippen LogP contribution in [-0.4, -0.2) is 54.2 Å². The molecular formula is C17H19ClN4O4. The Hall–Kier alpha value is -2.87. The molecule has 1 aromatic carbocycles. The van der Waals surface area contributed by atoms with Gasteiger partial charge in [-0.2, -0.15) is 5.10 Å². The van der Waals surface area contributed by atoms with Gasteiger partial charge < -0.3 is 15.0 Å². The van der Waals surface area contributed by atoms with Crippen LogP contribution in [0.2, 0.25) is 5.02 Å². The molecule has 138 valence electrons. The van der Waals surface area contributed by atoms with E-state index in [9.17, 15) is 14.4 Å². The third-order valence-corrected chi connectivity index (χ3v) is 3.78. The molecule has 9 heteroatoms. The maximum absolute atomic E-state index is 12.2. The van der Waals surface area contributed by atoms with Crippen molar-refractivity contribution in [3.8, 4) is 17.0 Å². The molecule has 8 nitrogen and oxygen atoms in total. The highest BCUT2D eigenvalue weighted by molar-refractivity contribution is 6.30. The normalized spacial score (nSPS) is 10.3. The Kier molecular flexibility index (Phi) is 6.35. The van der Waals surface area contributed by atoms with Gasteiger partial charge in [-0.25, -0.2) is 4.68 Å². The summed E-state index contributed by atoms with van der Waals surface area (Å²) in [5, 5.41) is 7.24. The summed E-state index contributed by atoms with van der Waals surface area (Å²) in [6.07, 6.45) is 0. The number of carbonyl (C=O) groups excluding carboxylic acids is 2. The first-order chi connectivity index (χ1) is 12.3. The van der Waals surface area contributed by atoms with Gasteiger partial charge in [0, 0.05) is 30.7 Å². The molecule has 0 spiro atoms. The van der Waals surface area contributed by atoms with E-state index in [4.69, 9.17) is 16.3 Å². The van der Waals surface area contributed by atoms with E-state index in [1.165, 1.54) is 18.1 Å². The number of nitrogens with one attached hydrogen (secondary N) is 1. The van der Waals surface area contributed by atoms with Gasteiger partial charge in [0.1, 0.15) is 12.2 Å². The Morgan fingerprint density at radius 3 is 2.50 bits per heavy atom. The number of nitrogens with zero attached hydrogens (tertiary/aromatic N) is 3. The summed E-state index contributed by atoms with van der Waals surface area (Å²) < 4.78 is 6.23. The number of halogens is 1. The Balaban J connectivity index is 2.25. The fourth-order valence-electron chi connectivity index (χ4n) is 2.08. The third-order valence-electron chi connectivity index (χ3n) is 3.53. The second kappa shape index (κ2) is 8.48. The molecule has 0 saturated heterocycles. The Morgan fingerprint density at radius 2 is 1.92 bits per heavy atom. The van der Waals surface area contributed by atoms with E-state index in [1.54, 1.807) is 38.4 Å². The molecule has 0 unspecified atom stereocenters. The second-order valence-electron chi connectivity index (χ2n) is 5.63. The lowest BCUT2D eigenvalue weighted by atomic mass is 10.1. The maximum atomic E-state index is 12.2. The Labute approximate surface area is 155 Å². The van der Waals surface area contributed by atoms with Crippen molar-refractivity contribution < 1.29 is 14.3 Å². The van der Waals surface area contributed by atoms with E-state index in [-0.39, 0.29) is 24.7 Å². The summed E-state index contributed by atoms with van der Waals surface area (Å²) in [5.41, 5.74) is 0.595. The third kappa shape index (κ3) is 4.82. The first kappa shape index (κ1) is 19.5. The van der Waals surface area contributed by atoms with Gasteiger partial charge in [-0.1, -0.05) is 23.7 Å². The number of aromatic nitrogens is 2. The minimum Gasteiger partial charge on any atom is -0.494 e. The maximum Gasteiger partial charge on any atom is 0.270 e. The zero-order valence-corrected chi connectivity index (χ0v) is 15.4. The molecule has 2 amide bonds. The smallest absolute Gasteiger partial charge is 0.270 e. The van der Waals surface area contributed by atoms with E-state index in [2.05, 4.69) is 10.4 Å². The highest BCUT2D eigenvalue weighted by Crippen LogP contribution is 2.26. The molecule has 2 rings (SSSR count). The van der Waals surface area contributed by atoms with Gasteiger partial charge in [-0.3, -0.25) is 14.4 Å². The zero-order valence-electron chi connectivity index (χ0n) is 14.7. The number of amides is 2. The van der Waals surface area contributed by atoms with Crippen molar-refractivity contribution in [1.29, 1.82) is 0 Å². The number of ether oxygens (including phenoxy) is 1. The molecule has 0 aliphatic rings. The lowest BCUT2D eigenvalue weighted by molar-refractivity contribution is -0.131. The lowest BCUT2D eigenvalue weighted by Gasteiger charge is -2.13. The molecule has 0 fully saturated rings. The van der Waals surface area contributed by atoms with Gasteiger partial charge in [0.2, 0.25) is 11.8 Å². The highest BCUT2D eigenvalue weighted by atomic mass is 35.5. The van der Waals surface area contributed by atoms with E-state index in [0.29, 0.717) is 16.3 Å². The van der Waals surface area contributed by atoms with Crippen molar-refractivity contribution in [2.24, 2.45) is 0 Å². The van der Waals surface area contributed by atoms with Crippen molar-refractivity contribution in [3.63, 3.8) is 0 Å². The van der Waals surface area contributed by atoms with Crippen LogP contribution < -0.4 is 15.6 Å². The van der Waals surface area contributed by atoms with Crippen LogP contribution in [0, 0.1) is 0 Å². The van der Waals surface area contributed by atoms with Gasteiger partial charge in [0.05, 0.1) is 13.7 Å².